The van der Waals surface area contributed by atoms with Gasteiger partial charge in [-0.2, -0.15) is 0 Å². The van der Waals surface area contributed by atoms with E-state index in [-0.39, 0.29) is 18.4 Å². The molecule has 0 spiro atoms. The fourth-order valence-corrected chi connectivity index (χ4v) is 7.96. The number of methoxy groups -OCH3 is 1. The van der Waals surface area contributed by atoms with Gasteiger partial charge in [-0.3, -0.25) is 4.79 Å². The minimum Gasteiger partial charge on any atom is -0.462 e. The number of carbonyl (C=O) groups excluding carboxylic acids is 2. The molecule has 6 rings (SSSR count). The van der Waals surface area contributed by atoms with Crippen LogP contribution in [0.4, 0.5) is 5.69 Å². The summed E-state index contributed by atoms with van der Waals surface area (Å²) >= 11 is 6.13. The van der Waals surface area contributed by atoms with Crippen LogP contribution in [0.2, 0.25) is 0 Å². The Bertz CT molecular complexity index is 1380. The second-order valence-electron chi connectivity index (χ2n) is 12.4. The molecule has 2 aromatic carbocycles. The summed E-state index contributed by atoms with van der Waals surface area (Å²) in [5, 5.41) is 4.69. The van der Waals surface area contributed by atoms with Crippen molar-refractivity contribution >= 4 is 40.1 Å². The molecular weight excluding hydrogens is 550 g/mol. The van der Waals surface area contributed by atoms with Crippen molar-refractivity contribution in [1.29, 1.82) is 0 Å². The number of aromatic amines is 1. The van der Waals surface area contributed by atoms with E-state index in [0.29, 0.717) is 13.0 Å². The number of carbonyl (C=O) groups is 2. The van der Waals surface area contributed by atoms with Crippen LogP contribution in [0.25, 0.3) is 10.9 Å². The summed E-state index contributed by atoms with van der Waals surface area (Å²) in [6.45, 7) is 1.38. The summed E-state index contributed by atoms with van der Waals surface area (Å²) < 4.78 is 10.6. The third-order valence-corrected chi connectivity index (χ3v) is 9.90. The van der Waals surface area contributed by atoms with Gasteiger partial charge >= 0.3 is 5.97 Å². The number of esters is 1. The average Bonchev–Trinajstić information content (AvgIpc) is 3.38. The summed E-state index contributed by atoms with van der Waals surface area (Å²) in [6, 6.07) is 15.0. The average molecular weight is 592 g/mol. The van der Waals surface area contributed by atoms with Crippen LogP contribution in [-0.2, 0) is 25.5 Å². The second-order valence-corrected chi connectivity index (χ2v) is 12.6. The first-order valence-corrected chi connectivity index (χ1v) is 16.0. The summed E-state index contributed by atoms with van der Waals surface area (Å²) in [6.07, 6.45) is 10.1. The van der Waals surface area contributed by atoms with E-state index in [1.54, 1.807) is 12.0 Å². The zero-order valence-electron chi connectivity index (χ0n) is 24.4. The van der Waals surface area contributed by atoms with E-state index in [0.717, 1.165) is 57.7 Å². The molecule has 0 radical (unpaired) electrons. The van der Waals surface area contributed by atoms with Crippen molar-refractivity contribution in [1.82, 2.24) is 9.88 Å². The van der Waals surface area contributed by atoms with Crippen molar-refractivity contribution in [2.75, 3.05) is 38.1 Å². The topological polar surface area (TPSA) is 83.7 Å². The molecule has 2 unspecified atom stereocenters. The molecule has 4 atom stereocenters. The smallest absolute Gasteiger partial charge is 0.329 e. The summed E-state index contributed by atoms with van der Waals surface area (Å²) in [5.41, 5.74) is 4.90. The number of halogens is 1. The zero-order chi connectivity index (χ0) is 29.1. The highest BCUT2D eigenvalue weighted by atomic mass is 35.5. The van der Waals surface area contributed by atoms with E-state index >= 15 is 0 Å². The Kier molecular flexibility index (Phi) is 9.06. The molecule has 2 fully saturated rings. The van der Waals surface area contributed by atoms with Crippen LogP contribution in [0.5, 0.6) is 0 Å². The molecule has 42 heavy (non-hydrogen) atoms. The highest BCUT2D eigenvalue weighted by Gasteiger charge is 2.44. The molecule has 1 aromatic heterocycles. The Hall–Kier alpha value is -3.03. The Labute approximate surface area is 253 Å². The number of hydrogen-bond acceptors (Lipinski definition) is 5. The molecule has 1 amide bonds. The van der Waals surface area contributed by atoms with Gasteiger partial charge in [0.15, 0.2) is 0 Å². The maximum Gasteiger partial charge on any atom is 0.329 e. The fourth-order valence-electron chi connectivity index (χ4n) is 7.83. The summed E-state index contributed by atoms with van der Waals surface area (Å²) in [5.74, 6) is 1.75. The number of H-pyrrole nitrogens is 1. The molecular formula is C34H42ClN3O4. The van der Waals surface area contributed by atoms with Gasteiger partial charge in [-0.25, -0.2) is 4.79 Å². The maximum absolute atomic E-state index is 13.4. The standard InChI is InChI=1S/C34H42ClN3O4/c1-41-15-16-42-34(40)30-20-28-27-7-2-3-8-29(27)37-32(28)33(38(30)31(39)21-35)25-9-11-26(12-10-25)36-14-13-24-18-22-5-4-6-23(17-22)19-24/h2-3,7-12,22-24,30,33,36-37H,4-6,13-21H2,1H3/t22?,23?,24?,30-,33+/m1/s1. The van der Waals surface area contributed by atoms with E-state index in [2.05, 4.69) is 40.6 Å². The molecule has 8 heteroatoms. The summed E-state index contributed by atoms with van der Waals surface area (Å²) in [7, 11) is 1.56. The van der Waals surface area contributed by atoms with E-state index in [1.807, 2.05) is 18.2 Å². The Balaban J connectivity index is 1.24. The first-order valence-electron chi connectivity index (χ1n) is 15.5. The normalized spacial score (nSPS) is 25.2. The number of benzene rings is 2. The van der Waals surface area contributed by atoms with Crippen molar-refractivity contribution in [2.24, 2.45) is 17.8 Å². The quantitative estimate of drug-likeness (QED) is 0.161. The lowest BCUT2D eigenvalue weighted by Gasteiger charge is -2.41. The van der Waals surface area contributed by atoms with Crippen LogP contribution in [0.15, 0.2) is 48.5 Å². The Morgan fingerprint density at radius 1 is 1.02 bits per heavy atom. The van der Waals surface area contributed by atoms with Crippen LogP contribution in [0.1, 0.15) is 67.8 Å². The van der Waals surface area contributed by atoms with Gasteiger partial charge in [0.05, 0.1) is 12.6 Å². The van der Waals surface area contributed by atoms with Gasteiger partial charge in [0.1, 0.15) is 18.5 Å². The largest absolute Gasteiger partial charge is 0.462 e. The molecule has 2 N–H and O–H groups in total. The number of rotatable bonds is 10. The SMILES string of the molecule is COCCOC(=O)[C@H]1Cc2c([nH]c3ccccc23)[C@H](c2ccc(NCCC3CC4CCCC(C4)C3)cc2)N1C(=O)CCl. The molecule has 7 nitrogen and oxygen atoms in total. The van der Waals surface area contributed by atoms with Crippen LogP contribution >= 0.6 is 11.6 Å². The van der Waals surface area contributed by atoms with Crippen molar-refractivity contribution in [3.8, 4) is 0 Å². The van der Waals surface area contributed by atoms with Crippen molar-refractivity contribution in [2.45, 2.75) is 63.5 Å². The molecule has 224 valence electrons. The molecule has 2 saturated carbocycles. The Morgan fingerprint density at radius 2 is 1.79 bits per heavy atom. The lowest BCUT2D eigenvalue weighted by atomic mass is 9.67. The molecule has 2 aliphatic carbocycles. The highest BCUT2D eigenvalue weighted by Crippen LogP contribution is 2.44. The number of hydrogen-bond donors (Lipinski definition) is 2. The third kappa shape index (κ3) is 6.04. The monoisotopic (exact) mass is 591 g/mol. The number of aromatic nitrogens is 1. The first-order chi connectivity index (χ1) is 20.6. The number of amides is 1. The molecule has 3 aromatic rings. The van der Waals surface area contributed by atoms with Gasteiger partial charge in [-0.15, -0.1) is 11.6 Å². The highest BCUT2D eigenvalue weighted by molar-refractivity contribution is 6.27. The van der Waals surface area contributed by atoms with Crippen molar-refractivity contribution in [3.63, 3.8) is 0 Å². The van der Waals surface area contributed by atoms with Crippen LogP contribution in [0.3, 0.4) is 0 Å². The fraction of sp³-hybridized carbons (Fsp3) is 0.529. The van der Waals surface area contributed by atoms with Crippen LogP contribution in [0, 0.1) is 17.8 Å². The number of fused-ring (bicyclic) bond motifs is 5. The number of ether oxygens (including phenoxy) is 2. The molecule has 3 aliphatic rings. The number of nitrogens with zero attached hydrogens (tertiary/aromatic N) is 1. The van der Waals surface area contributed by atoms with E-state index < -0.39 is 18.1 Å². The lowest BCUT2D eigenvalue weighted by Crippen LogP contribution is -2.52. The van der Waals surface area contributed by atoms with Gasteiger partial charge in [-0.1, -0.05) is 49.6 Å². The number of anilines is 1. The lowest BCUT2D eigenvalue weighted by molar-refractivity contribution is -0.157. The van der Waals surface area contributed by atoms with Gasteiger partial charge in [0, 0.05) is 42.4 Å². The van der Waals surface area contributed by atoms with Crippen molar-refractivity contribution in [3.05, 3.63) is 65.4 Å². The summed E-state index contributed by atoms with van der Waals surface area (Å²) in [4.78, 5) is 31.9. The van der Waals surface area contributed by atoms with E-state index in [9.17, 15) is 9.59 Å². The first kappa shape index (κ1) is 29.1. The minimum absolute atomic E-state index is 0.128. The van der Waals surface area contributed by atoms with Gasteiger partial charge < -0.3 is 24.7 Å². The van der Waals surface area contributed by atoms with E-state index in [4.69, 9.17) is 21.1 Å². The van der Waals surface area contributed by atoms with Crippen LogP contribution < -0.4 is 5.32 Å². The van der Waals surface area contributed by atoms with Gasteiger partial charge in [-0.05, 0) is 72.8 Å². The zero-order valence-corrected chi connectivity index (χ0v) is 25.2. The van der Waals surface area contributed by atoms with Gasteiger partial charge in [0.25, 0.3) is 0 Å². The predicted octanol–water partition coefficient (Wildman–Crippen LogP) is 6.46. The number of alkyl halides is 1. The molecule has 2 bridgehead atoms. The molecule has 1 aliphatic heterocycles. The van der Waals surface area contributed by atoms with Gasteiger partial charge in [0.2, 0.25) is 5.91 Å². The molecule has 2 heterocycles. The van der Waals surface area contributed by atoms with E-state index in [1.165, 1.54) is 44.9 Å². The maximum atomic E-state index is 13.4. The number of nitrogens with one attached hydrogen (secondary N) is 2. The second kappa shape index (κ2) is 13.1. The third-order valence-electron chi connectivity index (χ3n) is 9.67. The number of para-hydroxylation sites is 1. The Morgan fingerprint density at radius 3 is 2.52 bits per heavy atom. The molecule has 0 saturated heterocycles. The predicted molar refractivity (Wildman–Crippen MR) is 166 cm³/mol. The van der Waals surface area contributed by atoms with Crippen LogP contribution in [-0.4, -0.2) is 60.6 Å². The minimum atomic E-state index is -0.794. The van der Waals surface area contributed by atoms with Crippen molar-refractivity contribution < 1.29 is 19.1 Å².